The number of methoxy groups -OCH3 is 1. The van der Waals surface area contributed by atoms with Gasteiger partial charge in [0.05, 0.1) is 18.0 Å². The highest BCUT2D eigenvalue weighted by molar-refractivity contribution is 7.89. The Morgan fingerprint density at radius 1 is 1.09 bits per heavy atom. The Morgan fingerprint density at radius 2 is 1.78 bits per heavy atom. The molecule has 0 saturated carbocycles. The predicted molar refractivity (Wildman–Crippen MR) is 126 cm³/mol. The van der Waals surface area contributed by atoms with Crippen LogP contribution in [0.1, 0.15) is 56.7 Å². The molecule has 1 saturated heterocycles. The number of sulfonamides is 1. The first-order valence-electron chi connectivity index (χ1n) is 11.3. The van der Waals surface area contributed by atoms with Crippen LogP contribution in [-0.4, -0.2) is 38.8 Å². The van der Waals surface area contributed by atoms with Crippen LogP contribution in [0, 0.1) is 5.92 Å². The molecule has 0 radical (unpaired) electrons. The Hall–Kier alpha value is -2.38. The largest absolute Gasteiger partial charge is 0.496 e. The topological polar surface area (TPSA) is 75.7 Å². The summed E-state index contributed by atoms with van der Waals surface area (Å²) in [7, 11) is -1.96. The van der Waals surface area contributed by atoms with Crippen LogP contribution in [0.2, 0.25) is 0 Å². The average molecular weight is 459 g/mol. The summed E-state index contributed by atoms with van der Waals surface area (Å²) in [4.78, 5) is 13.1. The molecule has 1 heterocycles. The minimum Gasteiger partial charge on any atom is -0.496 e. The highest BCUT2D eigenvalue weighted by Gasteiger charge is 2.28. The van der Waals surface area contributed by atoms with Gasteiger partial charge in [0, 0.05) is 19.5 Å². The molecule has 3 rings (SSSR count). The number of hydrogen-bond donors (Lipinski definition) is 1. The van der Waals surface area contributed by atoms with E-state index in [1.54, 1.807) is 25.3 Å². The van der Waals surface area contributed by atoms with E-state index in [1.807, 2.05) is 30.3 Å². The minimum absolute atomic E-state index is 0.0486. The molecule has 6 nitrogen and oxygen atoms in total. The van der Waals surface area contributed by atoms with Crippen molar-refractivity contribution in [1.29, 1.82) is 0 Å². The molecular weight excluding hydrogens is 424 g/mol. The third-order valence-corrected chi connectivity index (χ3v) is 7.71. The van der Waals surface area contributed by atoms with Crippen molar-refractivity contribution in [1.82, 2.24) is 9.62 Å². The molecule has 1 amide bonds. The van der Waals surface area contributed by atoms with Crippen molar-refractivity contribution in [3.8, 4) is 5.75 Å². The van der Waals surface area contributed by atoms with E-state index >= 15 is 0 Å². The number of benzene rings is 2. The van der Waals surface area contributed by atoms with Crippen molar-refractivity contribution in [3.63, 3.8) is 0 Å². The van der Waals surface area contributed by atoms with Crippen LogP contribution < -0.4 is 10.1 Å². The molecule has 2 aromatic rings. The van der Waals surface area contributed by atoms with Gasteiger partial charge < -0.3 is 10.1 Å². The van der Waals surface area contributed by atoms with Gasteiger partial charge in [0.15, 0.2) is 0 Å². The highest BCUT2D eigenvalue weighted by Crippen LogP contribution is 2.28. The number of amides is 1. The average Bonchev–Trinajstić information content (AvgIpc) is 3.33. The van der Waals surface area contributed by atoms with Crippen LogP contribution in [-0.2, 0) is 21.2 Å². The fraction of sp³-hybridized carbons (Fsp3) is 0.480. The Morgan fingerprint density at radius 3 is 2.41 bits per heavy atom. The van der Waals surface area contributed by atoms with Crippen molar-refractivity contribution in [2.24, 2.45) is 5.92 Å². The summed E-state index contributed by atoms with van der Waals surface area (Å²) in [6.45, 7) is 5.39. The molecule has 1 aliphatic rings. The molecule has 7 heteroatoms. The predicted octanol–water partition coefficient (Wildman–Crippen LogP) is 4.32. The molecule has 0 bridgehead atoms. The van der Waals surface area contributed by atoms with Crippen molar-refractivity contribution in [3.05, 3.63) is 59.7 Å². The van der Waals surface area contributed by atoms with Gasteiger partial charge in [-0.1, -0.05) is 44.2 Å². The van der Waals surface area contributed by atoms with Gasteiger partial charge in [0.2, 0.25) is 15.9 Å². The van der Waals surface area contributed by atoms with E-state index in [0.29, 0.717) is 31.2 Å². The van der Waals surface area contributed by atoms with Gasteiger partial charge in [-0.15, -0.1) is 0 Å². The lowest BCUT2D eigenvalue weighted by atomic mass is 9.96. The zero-order valence-electron chi connectivity index (χ0n) is 19.2. The van der Waals surface area contributed by atoms with Gasteiger partial charge in [-0.3, -0.25) is 4.79 Å². The van der Waals surface area contributed by atoms with Crippen molar-refractivity contribution in [2.75, 3.05) is 20.2 Å². The summed E-state index contributed by atoms with van der Waals surface area (Å²) in [6, 6.07) is 14.9. The molecule has 0 aromatic heterocycles. The van der Waals surface area contributed by atoms with Crippen molar-refractivity contribution < 1.29 is 17.9 Å². The van der Waals surface area contributed by atoms with Crippen LogP contribution in [0.4, 0.5) is 0 Å². The molecular formula is C25H34N2O4S. The van der Waals surface area contributed by atoms with Gasteiger partial charge in [-0.05, 0) is 60.9 Å². The second-order valence-electron chi connectivity index (χ2n) is 8.75. The molecule has 0 spiro atoms. The van der Waals surface area contributed by atoms with Crippen molar-refractivity contribution in [2.45, 2.75) is 56.9 Å². The van der Waals surface area contributed by atoms with Crippen LogP contribution >= 0.6 is 0 Å². The van der Waals surface area contributed by atoms with E-state index < -0.39 is 10.0 Å². The van der Waals surface area contributed by atoms with E-state index in [0.717, 1.165) is 30.4 Å². The lowest BCUT2D eigenvalue weighted by molar-refractivity contribution is -0.121. The Balaban J connectivity index is 1.71. The van der Waals surface area contributed by atoms with E-state index in [-0.39, 0.29) is 23.3 Å². The molecule has 1 fully saturated rings. The normalized spacial score (nSPS) is 15.6. The second kappa shape index (κ2) is 11.0. The Labute approximate surface area is 192 Å². The third-order valence-electron chi connectivity index (χ3n) is 5.82. The molecule has 0 unspecified atom stereocenters. The maximum Gasteiger partial charge on any atom is 0.243 e. The van der Waals surface area contributed by atoms with Crippen molar-refractivity contribution >= 4 is 15.9 Å². The maximum absolute atomic E-state index is 12.9. The number of carbonyl (C=O) groups is 1. The number of carbonyl (C=O) groups excluding carboxylic acids is 1. The molecule has 174 valence electrons. The molecule has 1 aliphatic heterocycles. The number of nitrogens with zero attached hydrogens (tertiary/aromatic N) is 1. The fourth-order valence-corrected chi connectivity index (χ4v) is 5.71. The first kappa shape index (κ1) is 24.3. The summed E-state index contributed by atoms with van der Waals surface area (Å²) >= 11 is 0. The molecule has 0 aliphatic carbocycles. The summed E-state index contributed by atoms with van der Waals surface area (Å²) < 4.78 is 32.8. The first-order valence-corrected chi connectivity index (χ1v) is 12.8. The van der Waals surface area contributed by atoms with Crippen LogP contribution in [0.5, 0.6) is 5.75 Å². The number of aryl methyl sites for hydroxylation is 1. The van der Waals surface area contributed by atoms with Gasteiger partial charge in [-0.25, -0.2) is 8.42 Å². The highest BCUT2D eigenvalue weighted by atomic mass is 32.2. The number of ether oxygens (including phenoxy) is 1. The number of rotatable bonds is 10. The van der Waals surface area contributed by atoms with Crippen LogP contribution in [0.25, 0.3) is 0 Å². The van der Waals surface area contributed by atoms with Gasteiger partial charge in [0.25, 0.3) is 0 Å². The first-order chi connectivity index (χ1) is 15.3. The summed E-state index contributed by atoms with van der Waals surface area (Å²) in [5.41, 5.74) is 1.81. The lowest BCUT2D eigenvalue weighted by Gasteiger charge is -2.21. The third kappa shape index (κ3) is 6.11. The van der Waals surface area contributed by atoms with Gasteiger partial charge in [-0.2, -0.15) is 4.31 Å². The lowest BCUT2D eigenvalue weighted by Crippen LogP contribution is -2.30. The Bertz CT molecular complexity index is 1000. The zero-order valence-corrected chi connectivity index (χ0v) is 20.0. The fourth-order valence-electron chi connectivity index (χ4n) is 4.14. The summed E-state index contributed by atoms with van der Waals surface area (Å²) in [6.07, 6.45) is 3.29. The molecule has 1 atom stereocenters. The summed E-state index contributed by atoms with van der Waals surface area (Å²) in [5, 5.41) is 3.16. The quantitative estimate of drug-likeness (QED) is 0.575. The molecule has 32 heavy (non-hydrogen) atoms. The van der Waals surface area contributed by atoms with E-state index in [4.69, 9.17) is 4.74 Å². The van der Waals surface area contributed by atoms with E-state index in [9.17, 15) is 13.2 Å². The van der Waals surface area contributed by atoms with Crippen LogP contribution in [0.3, 0.4) is 0 Å². The van der Waals surface area contributed by atoms with Crippen LogP contribution in [0.15, 0.2) is 53.4 Å². The van der Waals surface area contributed by atoms with E-state index in [1.165, 1.54) is 4.31 Å². The van der Waals surface area contributed by atoms with Gasteiger partial charge >= 0.3 is 0 Å². The maximum atomic E-state index is 12.9. The molecule has 2 aromatic carbocycles. The minimum atomic E-state index is -3.52. The second-order valence-corrected chi connectivity index (χ2v) is 10.7. The zero-order chi connectivity index (χ0) is 23.1. The standard InChI is InChI=1S/C25H34N2O4S/c1-19(2)17-23(20-9-5-4-6-10-20)26-25(28)14-11-21-18-22(12-13-24(21)31-3)32(29,30)27-15-7-8-16-27/h4-6,9-10,12-13,18-19,23H,7-8,11,14-17H2,1-3H3,(H,26,28)/t23-/m0/s1. The number of nitrogens with one attached hydrogen (secondary N) is 1. The van der Waals surface area contributed by atoms with Gasteiger partial charge in [0.1, 0.15) is 5.75 Å². The van der Waals surface area contributed by atoms with E-state index in [2.05, 4.69) is 19.2 Å². The Kier molecular flexibility index (Phi) is 8.32. The summed E-state index contributed by atoms with van der Waals surface area (Å²) in [5.74, 6) is 0.974. The monoisotopic (exact) mass is 458 g/mol. The molecule has 1 N–H and O–H groups in total. The smallest absolute Gasteiger partial charge is 0.243 e. The number of hydrogen-bond acceptors (Lipinski definition) is 4. The SMILES string of the molecule is COc1ccc(S(=O)(=O)N2CCCC2)cc1CCC(=O)N[C@@H](CC(C)C)c1ccccc1.